The zero-order valence-electron chi connectivity index (χ0n) is 26.0. The highest BCUT2D eigenvalue weighted by molar-refractivity contribution is 6.70. The van der Waals surface area contributed by atoms with Gasteiger partial charge in [-0.15, -0.1) is 0 Å². The quantitative estimate of drug-likeness (QED) is 0.295. The molecule has 0 aromatic heterocycles. The van der Waals surface area contributed by atoms with E-state index in [9.17, 15) is 0 Å². The molecule has 0 aliphatic heterocycles. The Balaban J connectivity index is 1.56. The highest BCUT2D eigenvalue weighted by Gasteiger charge is 2.62. The van der Waals surface area contributed by atoms with Crippen LogP contribution in [0.2, 0.25) is 58.9 Å². The van der Waals surface area contributed by atoms with Crippen LogP contribution in [0.4, 0.5) is 0 Å². The van der Waals surface area contributed by atoms with E-state index in [0.717, 1.165) is 29.6 Å². The summed E-state index contributed by atoms with van der Waals surface area (Å²) in [5.41, 5.74) is 0.877. The van der Waals surface area contributed by atoms with E-state index in [0.29, 0.717) is 23.0 Å². The average molecular weight is 553 g/mol. The first-order chi connectivity index (χ1) is 16.3. The Morgan fingerprint density at radius 3 is 1.83 bits per heavy atom. The minimum Gasteiger partial charge on any atom is -0.415 e. The standard InChI is InChI=1S/C30H60O3Si3/c1-21(31-34(4,5)6)24-15-16-25-23-14-13-22-19-27(32-35(7,8)9)28(33-36(10,11)12)20-30(22,3)26(23)17-18-29(24,25)2/h21-28H,13-20H2,1-12H3. The molecule has 0 spiro atoms. The molecule has 4 aliphatic rings. The summed E-state index contributed by atoms with van der Waals surface area (Å²) in [4.78, 5) is 0. The van der Waals surface area contributed by atoms with E-state index in [1.54, 1.807) is 0 Å². The van der Waals surface area contributed by atoms with Crippen molar-refractivity contribution in [1.29, 1.82) is 0 Å². The molecule has 0 amide bonds. The van der Waals surface area contributed by atoms with Crippen molar-refractivity contribution in [2.75, 3.05) is 0 Å². The van der Waals surface area contributed by atoms with Gasteiger partial charge >= 0.3 is 0 Å². The fourth-order valence-electron chi connectivity index (χ4n) is 9.84. The largest absolute Gasteiger partial charge is 0.415 e. The van der Waals surface area contributed by atoms with Gasteiger partial charge in [0.25, 0.3) is 0 Å². The summed E-state index contributed by atoms with van der Waals surface area (Å²) in [5.74, 6) is 4.19. The lowest BCUT2D eigenvalue weighted by Gasteiger charge is -2.62. The molecular weight excluding hydrogens is 493 g/mol. The van der Waals surface area contributed by atoms with Crippen LogP contribution in [0.1, 0.15) is 72.1 Å². The molecule has 36 heavy (non-hydrogen) atoms. The van der Waals surface area contributed by atoms with Crippen LogP contribution in [0.3, 0.4) is 0 Å². The van der Waals surface area contributed by atoms with Crippen LogP contribution in [-0.2, 0) is 13.3 Å². The molecule has 4 saturated carbocycles. The van der Waals surface area contributed by atoms with Crippen molar-refractivity contribution in [2.45, 2.75) is 149 Å². The predicted molar refractivity (Wildman–Crippen MR) is 161 cm³/mol. The zero-order valence-corrected chi connectivity index (χ0v) is 29.0. The maximum atomic E-state index is 6.96. The molecule has 3 nitrogen and oxygen atoms in total. The average Bonchev–Trinajstić information content (AvgIpc) is 3.02. The van der Waals surface area contributed by atoms with E-state index in [1.165, 1.54) is 51.4 Å². The van der Waals surface area contributed by atoms with Crippen molar-refractivity contribution < 1.29 is 13.3 Å². The lowest BCUT2D eigenvalue weighted by molar-refractivity contribution is -0.155. The molecule has 4 aliphatic carbocycles. The molecule has 0 radical (unpaired) electrons. The fourth-order valence-corrected chi connectivity index (χ4v) is 13.4. The van der Waals surface area contributed by atoms with E-state index >= 15 is 0 Å². The first-order valence-electron chi connectivity index (χ1n) is 15.4. The molecule has 210 valence electrons. The van der Waals surface area contributed by atoms with E-state index in [1.807, 2.05) is 0 Å². The second-order valence-corrected chi connectivity index (χ2v) is 30.2. The zero-order chi connectivity index (χ0) is 26.9. The summed E-state index contributed by atoms with van der Waals surface area (Å²) in [6.45, 7) is 29.0. The smallest absolute Gasteiger partial charge is 0.184 e. The van der Waals surface area contributed by atoms with Crippen LogP contribution in [0.15, 0.2) is 0 Å². The molecule has 0 saturated heterocycles. The van der Waals surface area contributed by atoms with Crippen molar-refractivity contribution >= 4 is 25.0 Å². The molecule has 0 N–H and O–H groups in total. The van der Waals surface area contributed by atoms with Gasteiger partial charge in [0.2, 0.25) is 0 Å². The summed E-state index contributed by atoms with van der Waals surface area (Å²) < 4.78 is 20.5. The van der Waals surface area contributed by atoms with Gasteiger partial charge < -0.3 is 13.3 Å². The molecule has 4 fully saturated rings. The topological polar surface area (TPSA) is 27.7 Å². The number of rotatable bonds is 7. The first kappa shape index (κ1) is 29.5. The Morgan fingerprint density at radius 2 is 1.25 bits per heavy atom. The van der Waals surface area contributed by atoms with Crippen molar-refractivity contribution in [3.8, 4) is 0 Å². The van der Waals surface area contributed by atoms with Crippen molar-refractivity contribution in [2.24, 2.45) is 40.4 Å². The second kappa shape index (κ2) is 9.87. The third kappa shape index (κ3) is 5.99. The Morgan fingerprint density at radius 1 is 0.667 bits per heavy atom. The van der Waals surface area contributed by atoms with Gasteiger partial charge in [-0.3, -0.25) is 0 Å². The van der Waals surface area contributed by atoms with Gasteiger partial charge in [-0.25, -0.2) is 0 Å². The first-order valence-corrected chi connectivity index (χ1v) is 25.6. The second-order valence-electron chi connectivity index (χ2n) is 16.8. The fraction of sp³-hybridized carbons (Fsp3) is 1.00. The van der Waals surface area contributed by atoms with Gasteiger partial charge in [-0.1, -0.05) is 13.8 Å². The summed E-state index contributed by atoms with van der Waals surface area (Å²) >= 11 is 0. The van der Waals surface area contributed by atoms with Crippen molar-refractivity contribution in [1.82, 2.24) is 0 Å². The Kier molecular flexibility index (Phi) is 8.09. The molecule has 4 rings (SSSR count). The highest BCUT2D eigenvalue weighted by Crippen LogP contribution is 2.68. The summed E-state index contributed by atoms with van der Waals surface area (Å²) in [7, 11) is -4.78. The van der Waals surface area contributed by atoms with Crippen LogP contribution >= 0.6 is 0 Å². The van der Waals surface area contributed by atoms with Gasteiger partial charge in [0.15, 0.2) is 25.0 Å². The molecule has 0 aromatic rings. The molecule has 0 heterocycles. The van der Waals surface area contributed by atoms with E-state index in [4.69, 9.17) is 13.3 Å². The van der Waals surface area contributed by atoms with Crippen LogP contribution in [0.25, 0.3) is 0 Å². The predicted octanol–water partition coefficient (Wildman–Crippen LogP) is 8.94. The van der Waals surface area contributed by atoms with Gasteiger partial charge in [-0.05, 0) is 158 Å². The summed E-state index contributed by atoms with van der Waals surface area (Å²) in [6.07, 6.45) is 11.9. The van der Waals surface area contributed by atoms with Gasteiger partial charge in [0, 0.05) is 6.10 Å². The maximum absolute atomic E-state index is 6.96. The summed E-state index contributed by atoms with van der Waals surface area (Å²) in [6, 6.07) is 0. The number of hydrogen-bond acceptors (Lipinski definition) is 3. The number of hydrogen-bond donors (Lipinski definition) is 0. The minimum absolute atomic E-state index is 0.290. The monoisotopic (exact) mass is 552 g/mol. The van der Waals surface area contributed by atoms with E-state index < -0.39 is 25.0 Å². The Labute approximate surface area is 227 Å². The third-order valence-corrected chi connectivity index (χ3v) is 13.9. The lowest BCUT2D eigenvalue weighted by atomic mass is 9.44. The SMILES string of the molecule is CC(O[Si](C)(C)C)C1CCC2C3CCC4CC(O[Si](C)(C)C)C(O[Si](C)(C)C)CC4(C)C3CCC12C. The Bertz CT molecular complexity index is 784. The molecule has 0 aromatic carbocycles. The molecule has 0 bridgehead atoms. The normalized spacial score (nSPS) is 44.5. The molecule has 10 atom stereocenters. The van der Waals surface area contributed by atoms with Crippen molar-refractivity contribution in [3.05, 3.63) is 0 Å². The van der Waals surface area contributed by atoms with Gasteiger partial charge in [0.05, 0.1) is 12.2 Å². The van der Waals surface area contributed by atoms with Gasteiger partial charge in [0.1, 0.15) is 0 Å². The van der Waals surface area contributed by atoms with Crippen LogP contribution in [0, 0.1) is 40.4 Å². The maximum Gasteiger partial charge on any atom is 0.184 e. The van der Waals surface area contributed by atoms with Crippen LogP contribution in [0.5, 0.6) is 0 Å². The minimum atomic E-state index is -1.64. The molecule has 10 unspecified atom stereocenters. The third-order valence-electron chi connectivity index (χ3n) is 10.8. The summed E-state index contributed by atoms with van der Waals surface area (Å²) in [5, 5.41) is 0. The lowest BCUT2D eigenvalue weighted by Crippen LogP contribution is -2.59. The Hall–Kier alpha value is 0.531. The van der Waals surface area contributed by atoms with E-state index in [2.05, 4.69) is 79.7 Å². The van der Waals surface area contributed by atoms with Crippen molar-refractivity contribution in [3.63, 3.8) is 0 Å². The highest BCUT2D eigenvalue weighted by atomic mass is 28.4. The van der Waals surface area contributed by atoms with Gasteiger partial charge in [-0.2, -0.15) is 0 Å². The molecule has 6 heteroatoms. The van der Waals surface area contributed by atoms with Crippen LogP contribution < -0.4 is 0 Å². The van der Waals surface area contributed by atoms with E-state index in [-0.39, 0.29) is 6.10 Å². The van der Waals surface area contributed by atoms with Crippen LogP contribution in [-0.4, -0.2) is 43.3 Å². The molecular formula is C30H60O3Si3. The number of fused-ring (bicyclic) bond motifs is 5.